The lowest BCUT2D eigenvalue weighted by molar-refractivity contribution is -0.139. The summed E-state index contributed by atoms with van der Waals surface area (Å²) >= 11 is 1.33. The van der Waals surface area contributed by atoms with Crippen LogP contribution in [-0.2, 0) is 9.53 Å². The molecule has 1 aliphatic rings. The van der Waals surface area contributed by atoms with Crippen LogP contribution in [-0.4, -0.2) is 28.8 Å². The number of benzene rings is 2. The van der Waals surface area contributed by atoms with Crippen LogP contribution in [0.25, 0.3) is 11.8 Å². The highest BCUT2D eigenvalue weighted by atomic mass is 32.1. The third-order valence-electron chi connectivity index (χ3n) is 7.45. The molecule has 0 saturated heterocycles. The molecule has 0 unspecified atom stereocenters. The Balaban J connectivity index is 1.68. The first-order chi connectivity index (χ1) is 19.1. The van der Waals surface area contributed by atoms with Gasteiger partial charge in [0.2, 0.25) is 0 Å². The predicted octanol–water partition coefficient (Wildman–Crippen LogP) is 4.83. The number of methoxy groups -OCH3 is 1. The van der Waals surface area contributed by atoms with Crippen LogP contribution in [0.1, 0.15) is 53.5 Å². The summed E-state index contributed by atoms with van der Waals surface area (Å²) in [5, 5.41) is 0. The molecule has 5 rings (SSSR count). The van der Waals surface area contributed by atoms with Gasteiger partial charge in [0.1, 0.15) is 5.75 Å². The summed E-state index contributed by atoms with van der Waals surface area (Å²) in [6.07, 6.45) is 1.93. The Bertz CT molecular complexity index is 1840. The molecule has 0 spiro atoms. The van der Waals surface area contributed by atoms with Crippen molar-refractivity contribution in [3.8, 4) is 11.4 Å². The van der Waals surface area contributed by atoms with Crippen LogP contribution in [0.2, 0.25) is 0 Å². The van der Waals surface area contributed by atoms with E-state index in [0.717, 1.165) is 28.2 Å². The molecule has 7 nitrogen and oxygen atoms in total. The largest absolute Gasteiger partial charge is 0.497 e. The van der Waals surface area contributed by atoms with Gasteiger partial charge in [-0.3, -0.25) is 9.36 Å². The lowest BCUT2D eigenvalue weighted by Gasteiger charge is -2.24. The number of fused-ring (bicyclic) bond motifs is 1. The molecule has 1 atom stereocenters. The van der Waals surface area contributed by atoms with E-state index in [0.29, 0.717) is 26.4 Å². The highest BCUT2D eigenvalue weighted by Crippen LogP contribution is 2.31. The van der Waals surface area contributed by atoms with Crippen molar-refractivity contribution in [3.05, 3.63) is 113 Å². The minimum Gasteiger partial charge on any atom is -0.497 e. The van der Waals surface area contributed by atoms with Crippen LogP contribution < -0.4 is 19.6 Å². The molecule has 3 heterocycles. The number of hydrogen-bond acceptors (Lipinski definition) is 6. The first-order valence-electron chi connectivity index (χ1n) is 13.2. The van der Waals surface area contributed by atoms with E-state index in [1.165, 1.54) is 22.5 Å². The minimum absolute atomic E-state index is 0.199. The first kappa shape index (κ1) is 27.4. The molecule has 0 saturated carbocycles. The Morgan fingerprint density at radius 3 is 2.40 bits per heavy atom. The zero-order valence-electron chi connectivity index (χ0n) is 23.9. The van der Waals surface area contributed by atoms with E-state index in [2.05, 4.69) is 61.5 Å². The Hall–Kier alpha value is -4.17. The quantitative estimate of drug-likeness (QED) is 0.320. The summed E-state index contributed by atoms with van der Waals surface area (Å²) in [5.41, 5.74) is 8.13. The summed E-state index contributed by atoms with van der Waals surface area (Å²) < 4.78 is 15.1. The predicted molar refractivity (Wildman–Crippen MR) is 158 cm³/mol. The van der Waals surface area contributed by atoms with Crippen molar-refractivity contribution in [1.82, 2.24) is 9.13 Å². The van der Waals surface area contributed by atoms with Gasteiger partial charge in [-0.05, 0) is 100 Å². The van der Waals surface area contributed by atoms with Crippen molar-refractivity contribution < 1.29 is 14.3 Å². The van der Waals surface area contributed by atoms with Gasteiger partial charge in [-0.15, -0.1) is 0 Å². The number of ether oxygens (including phenoxy) is 2. The minimum atomic E-state index is -0.661. The van der Waals surface area contributed by atoms with Gasteiger partial charge < -0.3 is 14.0 Å². The summed E-state index contributed by atoms with van der Waals surface area (Å²) in [6, 6.07) is 15.3. The van der Waals surface area contributed by atoms with Gasteiger partial charge in [-0.25, -0.2) is 9.79 Å². The summed E-state index contributed by atoms with van der Waals surface area (Å²) in [6.45, 7) is 12.1. The van der Waals surface area contributed by atoms with Crippen LogP contribution in [0.3, 0.4) is 0 Å². The number of esters is 1. The molecular weight excluding hydrogens is 522 g/mol. The molecule has 0 fully saturated rings. The molecule has 0 N–H and O–H groups in total. The molecular formula is C32H33N3O4S. The van der Waals surface area contributed by atoms with Gasteiger partial charge in [-0.2, -0.15) is 0 Å². The third-order valence-corrected chi connectivity index (χ3v) is 8.44. The lowest BCUT2D eigenvalue weighted by Crippen LogP contribution is -2.39. The fraction of sp³-hybridized carbons (Fsp3) is 0.281. The average Bonchev–Trinajstić information content (AvgIpc) is 3.38. The first-order valence-corrected chi connectivity index (χ1v) is 14.1. The maximum Gasteiger partial charge on any atom is 0.338 e. The van der Waals surface area contributed by atoms with Gasteiger partial charge in [-0.1, -0.05) is 29.5 Å². The van der Waals surface area contributed by atoms with Crippen molar-refractivity contribution in [1.29, 1.82) is 0 Å². The maximum absolute atomic E-state index is 14.0. The monoisotopic (exact) mass is 555 g/mol. The highest BCUT2D eigenvalue weighted by molar-refractivity contribution is 7.07. The smallest absolute Gasteiger partial charge is 0.338 e. The Morgan fingerprint density at radius 1 is 1.02 bits per heavy atom. The second-order valence-electron chi connectivity index (χ2n) is 10.0. The molecule has 0 aliphatic carbocycles. The van der Waals surface area contributed by atoms with E-state index < -0.39 is 12.0 Å². The second-order valence-corrected chi connectivity index (χ2v) is 11.0. The van der Waals surface area contributed by atoms with Crippen molar-refractivity contribution in [2.75, 3.05) is 13.7 Å². The second kappa shape index (κ2) is 10.8. The number of carbonyl (C=O) groups is 1. The number of carbonyl (C=O) groups excluding carboxylic acids is 1. The van der Waals surface area contributed by atoms with Gasteiger partial charge in [0.05, 0.1) is 35.6 Å². The summed E-state index contributed by atoms with van der Waals surface area (Å²) in [5.74, 6) is 0.212. The van der Waals surface area contributed by atoms with Crippen LogP contribution in [0.5, 0.6) is 5.75 Å². The van der Waals surface area contributed by atoms with Gasteiger partial charge in [0.25, 0.3) is 5.56 Å². The fourth-order valence-electron chi connectivity index (χ4n) is 5.23. The molecule has 0 amide bonds. The standard InChI is InChI=1S/C32H33N3O4S/c1-8-39-31(37)28-21(5)33-32-35(29(28)23-10-13-26(38-7)14-11-23)30(36)27(40-32)17-24-16-20(4)34(22(24)6)25-12-9-18(2)19(3)15-25/h9-17,29H,8H2,1-7H3/b27-17+/t29-/m0/s1. The van der Waals surface area contributed by atoms with Gasteiger partial charge in [0.15, 0.2) is 4.80 Å². The molecule has 8 heteroatoms. The molecule has 40 heavy (non-hydrogen) atoms. The van der Waals surface area contributed by atoms with Crippen LogP contribution >= 0.6 is 11.3 Å². The molecule has 2 aromatic carbocycles. The fourth-order valence-corrected chi connectivity index (χ4v) is 6.27. The Labute approximate surface area is 237 Å². The molecule has 1 aliphatic heterocycles. The van der Waals surface area contributed by atoms with E-state index in [9.17, 15) is 9.59 Å². The van der Waals surface area contributed by atoms with Gasteiger partial charge >= 0.3 is 5.97 Å². The van der Waals surface area contributed by atoms with Crippen LogP contribution in [0.15, 0.2) is 69.6 Å². The Morgan fingerprint density at radius 2 is 1.75 bits per heavy atom. The number of allylic oxidation sites excluding steroid dienone is 1. The topological polar surface area (TPSA) is 74.8 Å². The molecule has 0 radical (unpaired) electrons. The van der Waals surface area contributed by atoms with Crippen molar-refractivity contribution in [2.24, 2.45) is 4.99 Å². The van der Waals surface area contributed by atoms with E-state index >= 15 is 0 Å². The number of aryl methyl sites for hydroxylation is 3. The SMILES string of the molecule is CCOC(=O)C1=C(C)N=c2s/c(=C/c3cc(C)n(-c4ccc(C)c(C)c4)c3C)c(=O)n2[C@H]1c1ccc(OC)cc1. The normalized spacial score (nSPS) is 15.2. The van der Waals surface area contributed by atoms with E-state index in [1.807, 2.05) is 30.3 Å². The van der Waals surface area contributed by atoms with E-state index in [1.54, 1.807) is 25.5 Å². The van der Waals surface area contributed by atoms with Crippen LogP contribution in [0, 0.1) is 27.7 Å². The van der Waals surface area contributed by atoms with E-state index in [-0.39, 0.29) is 12.2 Å². The zero-order chi connectivity index (χ0) is 28.7. The van der Waals surface area contributed by atoms with Crippen LogP contribution in [0.4, 0.5) is 0 Å². The average molecular weight is 556 g/mol. The number of thiazole rings is 1. The van der Waals surface area contributed by atoms with Crippen molar-refractivity contribution in [3.63, 3.8) is 0 Å². The highest BCUT2D eigenvalue weighted by Gasteiger charge is 2.33. The number of aromatic nitrogens is 2. The Kier molecular flexibility index (Phi) is 7.38. The number of nitrogens with zero attached hydrogens (tertiary/aromatic N) is 3. The van der Waals surface area contributed by atoms with Gasteiger partial charge in [0, 0.05) is 17.1 Å². The summed E-state index contributed by atoms with van der Waals surface area (Å²) in [7, 11) is 1.60. The zero-order valence-corrected chi connectivity index (χ0v) is 24.7. The molecule has 0 bridgehead atoms. The summed E-state index contributed by atoms with van der Waals surface area (Å²) in [4.78, 5) is 32.3. The van der Waals surface area contributed by atoms with Crippen molar-refractivity contribution >= 4 is 23.4 Å². The van der Waals surface area contributed by atoms with Crippen molar-refractivity contribution in [2.45, 2.75) is 47.6 Å². The molecule has 4 aromatic rings. The third kappa shape index (κ3) is 4.73. The lowest BCUT2D eigenvalue weighted by atomic mass is 9.96. The number of hydrogen-bond donors (Lipinski definition) is 0. The van der Waals surface area contributed by atoms with E-state index in [4.69, 9.17) is 9.47 Å². The number of rotatable bonds is 6. The maximum atomic E-state index is 14.0. The molecule has 206 valence electrons. The molecule has 2 aromatic heterocycles.